The molecule has 0 bridgehead atoms. The van der Waals surface area contributed by atoms with Crippen molar-refractivity contribution in [3.05, 3.63) is 0 Å². The zero-order valence-corrected chi connectivity index (χ0v) is 15.2. The van der Waals surface area contributed by atoms with Gasteiger partial charge in [0.05, 0.1) is 0 Å². The fourth-order valence-corrected chi connectivity index (χ4v) is 3.21. The van der Waals surface area contributed by atoms with Gasteiger partial charge < -0.3 is 10.6 Å². The van der Waals surface area contributed by atoms with Gasteiger partial charge >= 0.3 is 0 Å². The van der Waals surface area contributed by atoms with E-state index in [9.17, 15) is 0 Å². The Morgan fingerprint density at radius 3 is 1.86 bits per heavy atom. The zero-order chi connectivity index (χ0) is 15.7. The van der Waals surface area contributed by atoms with Crippen molar-refractivity contribution in [2.75, 3.05) is 45.8 Å². The fourth-order valence-electron chi connectivity index (χ4n) is 3.21. The number of hydrogen-bond donors (Lipinski definition) is 2. The summed E-state index contributed by atoms with van der Waals surface area (Å²) < 4.78 is 0. The van der Waals surface area contributed by atoms with E-state index >= 15 is 0 Å². The van der Waals surface area contributed by atoms with Gasteiger partial charge in [0, 0.05) is 39.3 Å². The smallest absolute Gasteiger partial charge is 0.0108 e. The highest BCUT2D eigenvalue weighted by atomic mass is 15.2. The van der Waals surface area contributed by atoms with Crippen molar-refractivity contribution in [2.24, 2.45) is 0 Å². The van der Waals surface area contributed by atoms with E-state index in [1.54, 1.807) is 0 Å². The first-order valence-corrected chi connectivity index (χ1v) is 10.1. The van der Waals surface area contributed by atoms with Gasteiger partial charge in [-0.25, -0.2) is 0 Å². The lowest BCUT2D eigenvalue weighted by Crippen LogP contribution is -2.45. The third-order valence-electron chi connectivity index (χ3n) is 4.77. The maximum absolute atomic E-state index is 3.60. The van der Waals surface area contributed by atoms with Crippen LogP contribution in [0.15, 0.2) is 0 Å². The molecule has 0 aromatic rings. The maximum atomic E-state index is 3.60. The molecule has 0 radical (unpaired) electrons. The van der Waals surface area contributed by atoms with E-state index in [1.165, 1.54) is 110 Å². The summed E-state index contributed by atoms with van der Waals surface area (Å²) in [4.78, 5) is 2.56. The highest BCUT2D eigenvalue weighted by molar-refractivity contribution is 4.68. The minimum Gasteiger partial charge on any atom is -0.315 e. The molecule has 1 fully saturated rings. The molecule has 0 amide bonds. The van der Waals surface area contributed by atoms with E-state index in [1.807, 2.05) is 0 Å². The first-order valence-electron chi connectivity index (χ1n) is 10.1. The summed E-state index contributed by atoms with van der Waals surface area (Å²) in [7, 11) is 0. The van der Waals surface area contributed by atoms with Crippen molar-refractivity contribution >= 4 is 0 Å². The van der Waals surface area contributed by atoms with E-state index in [0.717, 1.165) is 6.54 Å². The summed E-state index contributed by atoms with van der Waals surface area (Å²) in [5, 5.41) is 7.01. The quantitative estimate of drug-likeness (QED) is 0.451. The van der Waals surface area contributed by atoms with Gasteiger partial charge in [-0.1, -0.05) is 71.1 Å². The summed E-state index contributed by atoms with van der Waals surface area (Å²) in [5.74, 6) is 0. The normalized spacial score (nSPS) is 16.2. The van der Waals surface area contributed by atoms with Crippen molar-refractivity contribution in [3.8, 4) is 0 Å². The molecule has 0 aromatic carbocycles. The zero-order valence-electron chi connectivity index (χ0n) is 15.2. The molecule has 0 saturated carbocycles. The standard InChI is InChI=1S/C19H41N3/c1-2-3-4-5-6-7-8-9-10-11-12-13-20-14-17-22-18-15-21-16-19-22/h20-21H,2-19H2,1H3. The number of rotatable bonds is 15. The van der Waals surface area contributed by atoms with Crippen LogP contribution < -0.4 is 10.6 Å². The average molecular weight is 312 g/mol. The van der Waals surface area contributed by atoms with Crippen molar-refractivity contribution in [2.45, 2.75) is 77.6 Å². The van der Waals surface area contributed by atoms with Gasteiger partial charge in [0.15, 0.2) is 0 Å². The van der Waals surface area contributed by atoms with Gasteiger partial charge in [-0.15, -0.1) is 0 Å². The predicted octanol–water partition coefficient (Wildman–Crippen LogP) is 3.79. The van der Waals surface area contributed by atoms with Crippen molar-refractivity contribution in [1.82, 2.24) is 15.5 Å². The van der Waals surface area contributed by atoms with Crippen LogP contribution in [0.5, 0.6) is 0 Å². The summed E-state index contributed by atoms with van der Waals surface area (Å²) in [6, 6.07) is 0. The molecule has 0 unspecified atom stereocenters. The highest BCUT2D eigenvalue weighted by Gasteiger charge is 2.07. The predicted molar refractivity (Wildman–Crippen MR) is 98.6 cm³/mol. The van der Waals surface area contributed by atoms with Gasteiger partial charge in [-0.05, 0) is 13.0 Å². The van der Waals surface area contributed by atoms with Crippen LogP contribution in [0.3, 0.4) is 0 Å². The molecule has 1 rings (SSSR count). The van der Waals surface area contributed by atoms with Crippen LogP contribution in [0, 0.1) is 0 Å². The molecule has 0 aromatic heterocycles. The van der Waals surface area contributed by atoms with Gasteiger partial charge in [0.2, 0.25) is 0 Å². The average Bonchev–Trinajstić information content (AvgIpc) is 2.56. The molecule has 0 aliphatic carbocycles. The number of nitrogens with one attached hydrogen (secondary N) is 2. The summed E-state index contributed by atoms with van der Waals surface area (Å²) in [6.07, 6.45) is 15.8. The van der Waals surface area contributed by atoms with Gasteiger partial charge in [-0.2, -0.15) is 0 Å². The highest BCUT2D eigenvalue weighted by Crippen LogP contribution is 2.10. The Kier molecular flexibility index (Phi) is 14.3. The third kappa shape index (κ3) is 12.4. The van der Waals surface area contributed by atoms with Crippen LogP contribution in [0.25, 0.3) is 0 Å². The van der Waals surface area contributed by atoms with Gasteiger partial charge in [0.1, 0.15) is 0 Å². The van der Waals surface area contributed by atoms with Crippen LogP contribution in [-0.2, 0) is 0 Å². The Hall–Kier alpha value is -0.120. The van der Waals surface area contributed by atoms with E-state index in [4.69, 9.17) is 0 Å². The summed E-state index contributed by atoms with van der Waals surface area (Å²) in [5.41, 5.74) is 0. The van der Waals surface area contributed by atoms with Crippen molar-refractivity contribution < 1.29 is 0 Å². The first kappa shape index (κ1) is 19.9. The van der Waals surface area contributed by atoms with E-state index in [2.05, 4.69) is 22.5 Å². The molecular formula is C19H41N3. The first-order chi connectivity index (χ1) is 10.9. The number of unbranched alkanes of at least 4 members (excludes halogenated alkanes) is 10. The van der Waals surface area contributed by atoms with Crippen LogP contribution in [-0.4, -0.2) is 50.7 Å². The minimum absolute atomic E-state index is 1.16. The lowest BCUT2D eigenvalue weighted by atomic mass is 10.1. The number of nitrogens with zero attached hydrogens (tertiary/aromatic N) is 1. The molecular weight excluding hydrogens is 270 g/mol. The molecule has 22 heavy (non-hydrogen) atoms. The second-order valence-electron chi connectivity index (χ2n) is 6.88. The summed E-state index contributed by atoms with van der Waals surface area (Å²) in [6.45, 7) is 10.7. The largest absolute Gasteiger partial charge is 0.315 e. The van der Waals surface area contributed by atoms with Crippen LogP contribution >= 0.6 is 0 Å². The van der Waals surface area contributed by atoms with Gasteiger partial charge in [0.25, 0.3) is 0 Å². The number of hydrogen-bond acceptors (Lipinski definition) is 3. The second kappa shape index (κ2) is 15.8. The van der Waals surface area contributed by atoms with E-state index in [-0.39, 0.29) is 0 Å². The Bertz CT molecular complexity index is 215. The second-order valence-corrected chi connectivity index (χ2v) is 6.88. The molecule has 1 aliphatic heterocycles. The molecule has 0 spiro atoms. The molecule has 3 nitrogen and oxygen atoms in total. The summed E-state index contributed by atoms with van der Waals surface area (Å²) >= 11 is 0. The van der Waals surface area contributed by atoms with Crippen molar-refractivity contribution in [1.29, 1.82) is 0 Å². The monoisotopic (exact) mass is 311 g/mol. The lowest BCUT2D eigenvalue weighted by Gasteiger charge is -2.27. The molecule has 132 valence electrons. The molecule has 2 N–H and O–H groups in total. The Labute approximate surface area is 139 Å². The maximum Gasteiger partial charge on any atom is 0.0108 e. The third-order valence-corrected chi connectivity index (χ3v) is 4.77. The fraction of sp³-hybridized carbons (Fsp3) is 1.00. The molecule has 1 saturated heterocycles. The number of piperazine rings is 1. The van der Waals surface area contributed by atoms with E-state index in [0.29, 0.717) is 0 Å². The lowest BCUT2D eigenvalue weighted by molar-refractivity contribution is 0.241. The molecule has 3 heteroatoms. The Morgan fingerprint density at radius 1 is 0.727 bits per heavy atom. The van der Waals surface area contributed by atoms with Crippen LogP contribution in [0.1, 0.15) is 77.6 Å². The Balaban J connectivity index is 1.68. The van der Waals surface area contributed by atoms with Crippen LogP contribution in [0.2, 0.25) is 0 Å². The SMILES string of the molecule is CCCCCCCCCCCCCNCCN1CCNCC1. The van der Waals surface area contributed by atoms with E-state index < -0.39 is 0 Å². The minimum atomic E-state index is 1.16. The van der Waals surface area contributed by atoms with Crippen molar-refractivity contribution in [3.63, 3.8) is 0 Å². The van der Waals surface area contributed by atoms with Crippen LogP contribution in [0.4, 0.5) is 0 Å². The Morgan fingerprint density at radius 2 is 1.27 bits per heavy atom. The molecule has 0 atom stereocenters. The molecule has 1 heterocycles. The van der Waals surface area contributed by atoms with Gasteiger partial charge in [-0.3, -0.25) is 4.90 Å². The topological polar surface area (TPSA) is 27.3 Å². The molecule has 1 aliphatic rings.